The molecule has 2 aromatic rings. The molecule has 0 spiro atoms. The zero-order chi connectivity index (χ0) is 15.2. The molecule has 6 nitrogen and oxygen atoms in total. The first kappa shape index (κ1) is 15.5. The number of hydrogen-bond donors (Lipinski definition) is 1. The number of nitrogens with zero attached hydrogens (tertiary/aromatic N) is 2. The minimum Gasteiger partial charge on any atom is -0.439 e. The lowest BCUT2D eigenvalue weighted by Gasteiger charge is -2.14. The van der Waals surface area contributed by atoms with Crippen molar-refractivity contribution in [3.05, 3.63) is 29.7 Å². The highest BCUT2D eigenvalue weighted by atomic mass is 16.5. The number of oxazole rings is 1. The zero-order valence-corrected chi connectivity index (χ0v) is 12.7. The van der Waals surface area contributed by atoms with Gasteiger partial charge in [-0.15, -0.1) is 0 Å². The van der Waals surface area contributed by atoms with Crippen LogP contribution in [0.3, 0.4) is 0 Å². The Kier molecular flexibility index (Phi) is 5.30. The average molecular weight is 291 g/mol. The maximum absolute atomic E-state index is 11.8. The van der Waals surface area contributed by atoms with E-state index < -0.39 is 0 Å². The second-order valence-corrected chi connectivity index (χ2v) is 5.04. The first-order valence-electron chi connectivity index (χ1n) is 6.89. The number of fused-ring (bicyclic) bond motifs is 1. The summed E-state index contributed by atoms with van der Waals surface area (Å²) in [7, 11) is 3.52. The van der Waals surface area contributed by atoms with Crippen LogP contribution in [-0.4, -0.2) is 49.6 Å². The van der Waals surface area contributed by atoms with E-state index in [1.807, 2.05) is 37.1 Å². The molecule has 0 atom stereocenters. The minimum atomic E-state index is -0.0624. The summed E-state index contributed by atoms with van der Waals surface area (Å²) >= 11 is 0. The van der Waals surface area contributed by atoms with E-state index in [4.69, 9.17) is 9.15 Å². The van der Waals surface area contributed by atoms with E-state index in [1.54, 1.807) is 7.11 Å². The van der Waals surface area contributed by atoms with Gasteiger partial charge in [-0.25, -0.2) is 4.98 Å². The molecular weight excluding hydrogens is 270 g/mol. The Hall–Kier alpha value is -1.92. The molecule has 1 N–H and O–H groups in total. The molecule has 0 bridgehead atoms. The van der Waals surface area contributed by atoms with Gasteiger partial charge in [0.05, 0.1) is 19.7 Å². The van der Waals surface area contributed by atoms with Gasteiger partial charge in [-0.05, 0) is 25.6 Å². The highest BCUT2D eigenvalue weighted by molar-refractivity contribution is 5.78. The summed E-state index contributed by atoms with van der Waals surface area (Å²) in [4.78, 5) is 18.1. The minimum absolute atomic E-state index is 0.0624. The van der Waals surface area contributed by atoms with Crippen LogP contribution in [0, 0.1) is 6.92 Å². The number of nitrogens with one attached hydrogen (secondary N) is 1. The number of benzene rings is 1. The standard InChI is InChI=1S/C15H21N3O3/c1-11-5-4-6-12-15(11)17-14(21-12)9-16-13(19)10-18(2)7-8-20-3/h4-6H,7-10H2,1-3H3,(H,16,19). The molecule has 1 aromatic heterocycles. The molecule has 0 fully saturated rings. The molecule has 2 rings (SSSR count). The van der Waals surface area contributed by atoms with E-state index in [0.29, 0.717) is 32.1 Å². The Balaban J connectivity index is 1.86. The number of hydrogen-bond acceptors (Lipinski definition) is 5. The van der Waals surface area contributed by atoms with Crippen LogP contribution in [0.15, 0.2) is 22.6 Å². The van der Waals surface area contributed by atoms with Crippen LogP contribution in [0.1, 0.15) is 11.5 Å². The number of aromatic nitrogens is 1. The van der Waals surface area contributed by atoms with Gasteiger partial charge in [0.1, 0.15) is 5.52 Å². The Labute approximate surface area is 124 Å². The van der Waals surface area contributed by atoms with Crippen LogP contribution in [0.4, 0.5) is 0 Å². The second-order valence-electron chi connectivity index (χ2n) is 5.04. The van der Waals surface area contributed by atoms with Gasteiger partial charge in [0.15, 0.2) is 5.58 Å². The summed E-state index contributed by atoms with van der Waals surface area (Å²) in [6.45, 7) is 3.92. The highest BCUT2D eigenvalue weighted by Crippen LogP contribution is 2.18. The van der Waals surface area contributed by atoms with Crippen molar-refractivity contribution in [2.75, 3.05) is 33.9 Å². The quantitative estimate of drug-likeness (QED) is 0.833. The van der Waals surface area contributed by atoms with Crippen molar-refractivity contribution in [2.45, 2.75) is 13.5 Å². The number of carbonyl (C=O) groups excluding carboxylic acids is 1. The number of amides is 1. The molecule has 0 aliphatic rings. The van der Waals surface area contributed by atoms with Crippen molar-refractivity contribution in [3.63, 3.8) is 0 Å². The summed E-state index contributed by atoms with van der Waals surface area (Å²) in [5, 5.41) is 2.81. The lowest BCUT2D eigenvalue weighted by molar-refractivity contribution is -0.122. The normalized spacial score (nSPS) is 11.2. The number of carbonyl (C=O) groups is 1. The van der Waals surface area contributed by atoms with Crippen molar-refractivity contribution in [2.24, 2.45) is 0 Å². The lowest BCUT2D eigenvalue weighted by atomic mass is 10.2. The van der Waals surface area contributed by atoms with Crippen LogP contribution in [0.5, 0.6) is 0 Å². The van der Waals surface area contributed by atoms with Crippen LogP contribution in [0.25, 0.3) is 11.1 Å². The summed E-state index contributed by atoms with van der Waals surface area (Å²) in [6.07, 6.45) is 0. The average Bonchev–Trinajstić information content (AvgIpc) is 2.87. The lowest BCUT2D eigenvalue weighted by Crippen LogP contribution is -2.36. The van der Waals surface area contributed by atoms with E-state index in [9.17, 15) is 4.79 Å². The van der Waals surface area contributed by atoms with Gasteiger partial charge in [0, 0.05) is 13.7 Å². The van der Waals surface area contributed by atoms with Crippen molar-refractivity contribution in [1.82, 2.24) is 15.2 Å². The number of ether oxygens (including phenoxy) is 1. The van der Waals surface area contributed by atoms with Gasteiger partial charge in [0.25, 0.3) is 0 Å². The van der Waals surface area contributed by atoms with Crippen LogP contribution >= 0.6 is 0 Å². The summed E-state index contributed by atoms with van der Waals surface area (Å²) < 4.78 is 10.6. The van der Waals surface area contributed by atoms with E-state index in [0.717, 1.165) is 16.7 Å². The van der Waals surface area contributed by atoms with E-state index in [-0.39, 0.29) is 5.91 Å². The van der Waals surface area contributed by atoms with Crippen molar-refractivity contribution in [3.8, 4) is 0 Å². The molecule has 21 heavy (non-hydrogen) atoms. The number of rotatable bonds is 7. The van der Waals surface area contributed by atoms with E-state index in [1.165, 1.54) is 0 Å². The first-order chi connectivity index (χ1) is 10.1. The molecule has 0 saturated carbocycles. The molecular formula is C15H21N3O3. The Morgan fingerprint density at radius 1 is 1.48 bits per heavy atom. The summed E-state index contributed by atoms with van der Waals surface area (Å²) in [5.41, 5.74) is 2.66. The molecule has 6 heteroatoms. The third-order valence-corrected chi connectivity index (χ3v) is 3.19. The molecule has 1 amide bonds. The van der Waals surface area contributed by atoms with Gasteiger partial charge in [-0.1, -0.05) is 12.1 Å². The van der Waals surface area contributed by atoms with E-state index >= 15 is 0 Å². The molecule has 0 saturated heterocycles. The van der Waals surface area contributed by atoms with Crippen LogP contribution in [0.2, 0.25) is 0 Å². The Morgan fingerprint density at radius 2 is 2.29 bits per heavy atom. The summed E-state index contributed by atoms with van der Waals surface area (Å²) in [6, 6.07) is 5.78. The van der Waals surface area contributed by atoms with Gasteiger partial charge in [-0.3, -0.25) is 9.69 Å². The van der Waals surface area contributed by atoms with Crippen molar-refractivity contribution < 1.29 is 13.9 Å². The molecule has 0 radical (unpaired) electrons. The van der Waals surface area contributed by atoms with Gasteiger partial charge in [-0.2, -0.15) is 0 Å². The van der Waals surface area contributed by atoms with Crippen molar-refractivity contribution >= 4 is 17.0 Å². The fraction of sp³-hybridized carbons (Fsp3) is 0.467. The second kappa shape index (κ2) is 7.19. The van der Waals surface area contributed by atoms with Crippen LogP contribution in [-0.2, 0) is 16.1 Å². The molecule has 1 heterocycles. The SMILES string of the molecule is COCCN(C)CC(=O)NCc1nc2c(C)cccc2o1. The Morgan fingerprint density at radius 3 is 3.00 bits per heavy atom. The maximum atomic E-state index is 11.8. The molecule has 114 valence electrons. The predicted molar refractivity (Wildman–Crippen MR) is 80.0 cm³/mol. The largest absolute Gasteiger partial charge is 0.439 e. The number of likely N-dealkylation sites (N-methyl/N-ethyl adjacent to an activating group) is 1. The molecule has 0 aliphatic heterocycles. The molecule has 0 unspecified atom stereocenters. The monoisotopic (exact) mass is 291 g/mol. The third kappa shape index (κ3) is 4.27. The maximum Gasteiger partial charge on any atom is 0.234 e. The smallest absolute Gasteiger partial charge is 0.234 e. The van der Waals surface area contributed by atoms with Gasteiger partial charge in [0.2, 0.25) is 11.8 Å². The number of methoxy groups -OCH3 is 1. The molecule has 1 aromatic carbocycles. The fourth-order valence-electron chi connectivity index (χ4n) is 2.01. The van der Waals surface area contributed by atoms with E-state index in [2.05, 4.69) is 10.3 Å². The first-order valence-corrected chi connectivity index (χ1v) is 6.89. The van der Waals surface area contributed by atoms with Crippen molar-refractivity contribution in [1.29, 1.82) is 0 Å². The zero-order valence-electron chi connectivity index (χ0n) is 12.7. The van der Waals surface area contributed by atoms with Gasteiger partial charge >= 0.3 is 0 Å². The topological polar surface area (TPSA) is 67.6 Å². The summed E-state index contributed by atoms with van der Waals surface area (Å²) in [5.74, 6) is 0.458. The number of aryl methyl sites for hydroxylation is 1. The fourth-order valence-corrected chi connectivity index (χ4v) is 2.01. The highest BCUT2D eigenvalue weighted by Gasteiger charge is 2.10. The molecule has 0 aliphatic carbocycles. The predicted octanol–water partition coefficient (Wildman–Crippen LogP) is 1.33. The number of para-hydroxylation sites is 1. The Bertz CT molecular complexity index is 609. The third-order valence-electron chi connectivity index (χ3n) is 3.19. The van der Waals surface area contributed by atoms with Gasteiger partial charge < -0.3 is 14.5 Å². The van der Waals surface area contributed by atoms with Crippen LogP contribution < -0.4 is 5.32 Å².